The summed E-state index contributed by atoms with van der Waals surface area (Å²) in [5.74, 6) is 2.48. The second kappa shape index (κ2) is 6.76. The van der Waals surface area contributed by atoms with E-state index in [1.54, 1.807) is 12.1 Å². The third-order valence-electron chi connectivity index (χ3n) is 2.16. The molecule has 0 N–H and O–H groups in total. The van der Waals surface area contributed by atoms with Crippen LogP contribution in [0.25, 0.3) is 0 Å². The van der Waals surface area contributed by atoms with Crippen molar-refractivity contribution in [3.8, 4) is 18.4 Å². The van der Waals surface area contributed by atoms with Crippen LogP contribution < -0.4 is 0 Å². The first kappa shape index (κ1) is 13.3. The average molecular weight is 246 g/mol. The van der Waals surface area contributed by atoms with E-state index in [0.29, 0.717) is 23.6 Å². The molecule has 1 atom stereocenters. The van der Waals surface area contributed by atoms with Gasteiger partial charge in [0.15, 0.2) is 0 Å². The fraction of sp³-hybridized carbons (Fsp3) is 0.214. The maximum atomic E-state index is 8.88. The molecule has 0 aliphatic rings. The minimum atomic E-state index is -0.453. The van der Waals surface area contributed by atoms with Crippen LogP contribution in [0.15, 0.2) is 36.4 Å². The van der Waals surface area contributed by atoms with Crippen LogP contribution in [0.3, 0.4) is 0 Å². The van der Waals surface area contributed by atoms with E-state index >= 15 is 0 Å². The van der Waals surface area contributed by atoms with E-state index in [0.717, 1.165) is 5.56 Å². The van der Waals surface area contributed by atoms with Gasteiger partial charge in [0.05, 0.1) is 18.2 Å². The molecule has 0 radical (unpaired) electrons. The monoisotopic (exact) mass is 245 g/mol. The van der Waals surface area contributed by atoms with Crippen LogP contribution in [0.2, 0.25) is 5.02 Å². The van der Waals surface area contributed by atoms with Crippen molar-refractivity contribution in [2.24, 2.45) is 0 Å². The Hall–Kier alpha value is -1.74. The number of hydrogen-bond donors (Lipinski definition) is 0. The van der Waals surface area contributed by atoms with E-state index in [9.17, 15) is 0 Å². The molecule has 1 unspecified atom stereocenters. The molecule has 17 heavy (non-hydrogen) atoms. The number of ether oxygens (including phenoxy) is 1. The fourth-order valence-electron chi connectivity index (χ4n) is 1.33. The third kappa shape index (κ3) is 3.96. The number of benzene rings is 1. The molecule has 86 valence electrons. The average Bonchev–Trinajstić information content (AvgIpc) is 2.35. The molecular formula is C14H12ClNO. The first-order valence-electron chi connectivity index (χ1n) is 5.08. The number of nitrogens with zero attached hydrogens (tertiary/aromatic N) is 1. The number of terminal acetylenes is 1. The highest BCUT2D eigenvalue weighted by Crippen LogP contribution is 2.25. The van der Waals surface area contributed by atoms with Crippen molar-refractivity contribution in [3.05, 3.63) is 47.0 Å². The summed E-state index contributed by atoms with van der Waals surface area (Å²) in [4.78, 5) is 0. The summed E-state index contributed by atoms with van der Waals surface area (Å²) in [7, 11) is 0. The van der Waals surface area contributed by atoms with E-state index in [-0.39, 0.29) is 0 Å². The van der Waals surface area contributed by atoms with Crippen LogP contribution in [0.5, 0.6) is 0 Å². The second-order valence-corrected chi connectivity index (χ2v) is 3.83. The van der Waals surface area contributed by atoms with Gasteiger partial charge in [-0.15, -0.1) is 12.3 Å². The van der Waals surface area contributed by atoms with Gasteiger partial charge in [-0.25, -0.2) is 0 Å². The lowest BCUT2D eigenvalue weighted by Gasteiger charge is -2.16. The van der Waals surface area contributed by atoms with Crippen molar-refractivity contribution >= 4 is 11.6 Å². The molecule has 0 aliphatic heterocycles. The summed E-state index contributed by atoms with van der Waals surface area (Å²) < 4.78 is 5.55. The fourth-order valence-corrected chi connectivity index (χ4v) is 1.46. The van der Waals surface area contributed by atoms with Crippen molar-refractivity contribution in [3.63, 3.8) is 0 Å². The highest BCUT2D eigenvalue weighted by Gasteiger charge is 2.15. The van der Waals surface area contributed by atoms with Gasteiger partial charge in [-0.2, -0.15) is 5.26 Å². The van der Waals surface area contributed by atoms with Crippen LogP contribution >= 0.6 is 11.6 Å². The van der Waals surface area contributed by atoms with Crippen LogP contribution in [0.4, 0.5) is 0 Å². The highest BCUT2D eigenvalue weighted by atomic mass is 35.5. The summed E-state index contributed by atoms with van der Waals surface area (Å²) >= 11 is 5.80. The largest absolute Gasteiger partial charge is 0.367 e. The molecule has 0 aromatic heterocycles. The molecule has 0 amide bonds. The van der Waals surface area contributed by atoms with Crippen LogP contribution in [0.1, 0.15) is 18.1 Å². The molecule has 0 saturated heterocycles. The van der Waals surface area contributed by atoms with Gasteiger partial charge in [-0.05, 0) is 17.7 Å². The van der Waals surface area contributed by atoms with Gasteiger partial charge in [0.2, 0.25) is 0 Å². The summed E-state index contributed by atoms with van der Waals surface area (Å²) in [6.45, 7) is 4.07. The topological polar surface area (TPSA) is 33.0 Å². The second-order valence-electron chi connectivity index (χ2n) is 3.39. The number of hydrogen-bond acceptors (Lipinski definition) is 2. The minimum absolute atomic E-state index is 0.351. The summed E-state index contributed by atoms with van der Waals surface area (Å²) in [5, 5.41) is 9.52. The molecule has 1 aromatic carbocycles. The molecule has 0 heterocycles. The Kier molecular flexibility index (Phi) is 5.30. The number of rotatable bonds is 5. The SMILES string of the molecule is C#CCCOC(C(=C)C#N)c1ccc(Cl)cc1. The highest BCUT2D eigenvalue weighted by molar-refractivity contribution is 6.30. The van der Waals surface area contributed by atoms with Crippen molar-refractivity contribution in [1.29, 1.82) is 5.26 Å². The lowest BCUT2D eigenvalue weighted by Crippen LogP contribution is -2.07. The van der Waals surface area contributed by atoms with Gasteiger partial charge in [0.25, 0.3) is 0 Å². The van der Waals surface area contributed by atoms with E-state index in [4.69, 9.17) is 28.0 Å². The predicted octanol–water partition coefficient (Wildman–Crippen LogP) is 3.50. The zero-order valence-electron chi connectivity index (χ0n) is 9.32. The number of halogens is 1. The molecule has 0 bridgehead atoms. The van der Waals surface area contributed by atoms with E-state index < -0.39 is 6.10 Å². The lowest BCUT2D eigenvalue weighted by molar-refractivity contribution is 0.0853. The molecule has 0 aliphatic carbocycles. The maximum absolute atomic E-state index is 8.88. The maximum Gasteiger partial charge on any atom is 0.117 e. The van der Waals surface area contributed by atoms with Gasteiger partial charge in [0, 0.05) is 11.4 Å². The minimum Gasteiger partial charge on any atom is -0.367 e. The smallest absolute Gasteiger partial charge is 0.117 e. The Morgan fingerprint density at radius 3 is 2.65 bits per heavy atom. The van der Waals surface area contributed by atoms with E-state index in [1.807, 2.05) is 18.2 Å². The molecule has 0 fully saturated rings. The van der Waals surface area contributed by atoms with Crippen LogP contribution in [0, 0.1) is 23.7 Å². The summed E-state index contributed by atoms with van der Waals surface area (Å²) in [6, 6.07) is 9.12. The summed E-state index contributed by atoms with van der Waals surface area (Å²) in [6.07, 6.45) is 5.20. The molecule has 0 spiro atoms. The Bertz CT molecular complexity index is 464. The van der Waals surface area contributed by atoms with E-state index in [1.165, 1.54) is 0 Å². The van der Waals surface area contributed by atoms with Crippen molar-refractivity contribution in [2.45, 2.75) is 12.5 Å². The van der Waals surface area contributed by atoms with Crippen LogP contribution in [-0.2, 0) is 4.74 Å². The van der Waals surface area contributed by atoms with Gasteiger partial charge < -0.3 is 4.74 Å². The molecular weight excluding hydrogens is 234 g/mol. The predicted molar refractivity (Wildman–Crippen MR) is 68.3 cm³/mol. The standard InChI is InChI=1S/C14H12ClNO/c1-3-4-9-17-14(11(2)10-16)12-5-7-13(15)8-6-12/h1,5-8,14H,2,4,9H2. The Labute approximate surface area is 106 Å². The first-order valence-corrected chi connectivity index (χ1v) is 5.46. The Morgan fingerprint density at radius 2 is 2.12 bits per heavy atom. The summed E-state index contributed by atoms with van der Waals surface area (Å²) in [5.41, 5.74) is 1.20. The first-order chi connectivity index (χ1) is 8.19. The van der Waals surface area contributed by atoms with Crippen LogP contribution in [-0.4, -0.2) is 6.61 Å². The van der Waals surface area contributed by atoms with Crippen molar-refractivity contribution in [2.75, 3.05) is 6.61 Å². The van der Waals surface area contributed by atoms with E-state index in [2.05, 4.69) is 12.5 Å². The number of nitriles is 1. The van der Waals surface area contributed by atoms with Gasteiger partial charge in [-0.3, -0.25) is 0 Å². The van der Waals surface area contributed by atoms with Gasteiger partial charge in [-0.1, -0.05) is 30.3 Å². The van der Waals surface area contributed by atoms with Gasteiger partial charge in [0.1, 0.15) is 6.10 Å². The molecule has 0 saturated carbocycles. The lowest BCUT2D eigenvalue weighted by atomic mass is 10.0. The quantitative estimate of drug-likeness (QED) is 0.452. The zero-order chi connectivity index (χ0) is 12.7. The normalized spacial score (nSPS) is 11.2. The Balaban J connectivity index is 2.83. The van der Waals surface area contributed by atoms with Gasteiger partial charge >= 0.3 is 0 Å². The van der Waals surface area contributed by atoms with Crippen molar-refractivity contribution < 1.29 is 4.74 Å². The molecule has 1 aromatic rings. The van der Waals surface area contributed by atoms with Crippen molar-refractivity contribution in [1.82, 2.24) is 0 Å². The Morgan fingerprint density at radius 1 is 1.47 bits per heavy atom. The molecule has 2 nitrogen and oxygen atoms in total. The molecule has 3 heteroatoms. The zero-order valence-corrected chi connectivity index (χ0v) is 10.1. The molecule has 1 rings (SSSR count). The third-order valence-corrected chi connectivity index (χ3v) is 2.42.